The van der Waals surface area contributed by atoms with Crippen molar-refractivity contribution in [2.45, 2.75) is 18.9 Å². The van der Waals surface area contributed by atoms with Crippen LogP contribution in [0.5, 0.6) is 11.5 Å². The van der Waals surface area contributed by atoms with E-state index in [0.29, 0.717) is 50.5 Å². The highest BCUT2D eigenvalue weighted by atomic mass is 19.1. The minimum Gasteiger partial charge on any atom is -0.493 e. The Balaban J connectivity index is 1.35. The molecule has 0 saturated carbocycles. The number of amides is 1. The van der Waals surface area contributed by atoms with Crippen LogP contribution in [0.3, 0.4) is 0 Å². The van der Waals surface area contributed by atoms with E-state index in [1.54, 1.807) is 38.5 Å². The number of halogens is 1. The average molecular weight is 535 g/mol. The van der Waals surface area contributed by atoms with Gasteiger partial charge in [0.05, 0.1) is 31.1 Å². The van der Waals surface area contributed by atoms with E-state index in [0.717, 1.165) is 22.5 Å². The second-order valence-corrected chi connectivity index (χ2v) is 9.79. The predicted molar refractivity (Wildman–Crippen MR) is 146 cm³/mol. The lowest BCUT2D eigenvalue weighted by atomic mass is 9.83. The summed E-state index contributed by atoms with van der Waals surface area (Å²) in [6.07, 6.45) is 1.01. The third kappa shape index (κ3) is 5.45. The molecule has 0 radical (unpaired) electrons. The Kier molecular flexibility index (Phi) is 7.53. The van der Waals surface area contributed by atoms with Crippen LogP contribution in [0.4, 0.5) is 21.5 Å². The van der Waals surface area contributed by atoms with Gasteiger partial charge in [-0.15, -0.1) is 0 Å². The van der Waals surface area contributed by atoms with E-state index in [9.17, 15) is 19.3 Å². The number of nitrogens with zero attached hydrogens (tertiary/aromatic N) is 3. The number of ether oxygens (including phenoxy) is 2. The number of piperazine rings is 1. The maximum atomic E-state index is 13.6. The molecule has 2 atom stereocenters. The Morgan fingerprint density at radius 1 is 1.05 bits per heavy atom. The third-order valence-electron chi connectivity index (χ3n) is 7.60. The molecule has 0 aromatic heterocycles. The average Bonchev–Trinajstić information content (AvgIpc) is 2.96. The van der Waals surface area contributed by atoms with E-state index in [1.165, 1.54) is 18.2 Å². The highest BCUT2D eigenvalue weighted by Gasteiger charge is 2.42. The summed E-state index contributed by atoms with van der Waals surface area (Å²) in [5.41, 5.74) is 3.65. The molecule has 1 N–H and O–H groups in total. The molecule has 39 heavy (non-hydrogen) atoms. The quantitative estimate of drug-likeness (QED) is 0.345. The van der Waals surface area contributed by atoms with E-state index in [-0.39, 0.29) is 23.5 Å². The number of nitrogens with one attached hydrogen (secondary N) is 1. The molecule has 2 unspecified atom stereocenters. The topological polar surface area (TPSA) is 97.2 Å². The van der Waals surface area contributed by atoms with Crippen molar-refractivity contribution in [3.8, 4) is 11.5 Å². The van der Waals surface area contributed by atoms with Crippen LogP contribution in [-0.2, 0) is 17.6 Å². The molecule has 0 spiro atoms. The monoisotopic (exact) mass is 534 g/mol. The van der Waals surface area contributed by atoms with Gasteiger partial charge >= 0.3 is 0 Å². The van der Waals surface area contributed by atoms with Crippen molar-refractivity contribution in [1.29, 1.82) is 0 Å². The molecule has 2 aliphatic heterocycles. The molecule has 0 bridgehead atoms. The SMILES string of the molecule is COc1ccc(CCNC(=O)C2Cc3cc([N+](=O)[O-])ccc3N3CCN(c4ccc(F)cc4)CC23)cc1OC. The fraction of sp³-hybridized carbons (Fsp3) is 0.345. The normalized spacial score (nSPS) is 18.1. The Labute approximate surface area is 226 Å². The van der Waals surface area contributed by atoms with Gasteiger partial charge in [-0.1, -0.05) is 6.07 Å². The Morgan fingerprint density at radius 3 is 2.54 bits per heavy atom. The molecule has 3 aromatic carbocycles. The number of carbonyl (C=O) groups is 1. The summed E-state index contributed by atoms with van der Waals surface area (Å²) in [5, 5.41) is 14.5. The molecule has 1 amide bonds. The van der Waals surface area contributed by atoms with Crippen molar-refractivity contribution < 1.29 is 23.6 Å². The molecule has 5 rings (SSSR count). The number of anilines is 2. The Bertz CT molecular complexity index is 1370. The first-order valence-corrected chi connectivity index (χ1v) is 12.9. The number of benzene rings is 3. The summed E-state index contributed by atoms with van der Waals surface area (Å²) in [6.45, 7) is 2.34. The zero-order chi connectivity index (χ0) is 27.5. The van der Waals surface area contributed by atoms with Gasteiger partial charge in [0.1, 0.15) is 5.82 Å². The van der Waals surface area contributed by atoms with Crippen LogP contribution in [0.2, 0.25) is 0 Å². The Morgan fingerprint density at radius 2 is 1.82 bits per heavy atom. The number of non-ortho nitro benzene ring substituents is 1. The maximum absolute atomic E-state index is 13.6. The molecule has 10 heteroatoms. The van der Waals surface area contributed by atoms with Gasteiger partial charge < -0.3 is 24.6 Å². The molecular weight excluding hydrogens is 503 g/mol. The zero-order valence-electron chi connectivity index (χ0n) is 21.9. The molecule has 0 aliphatic carbocycles. The number of fused-ring (bicyclic) bond motifs is 3. The first-order valence-electron chi connectivity index (χ1n) is 12.9. The number of nitro benzene ring substituents is 1. The fourth-order valence-corrected chi connectivity index (χ4v) is 5.61. The van der Waals surface area contributed by atoms with E-state index in [4.69, 9.17) is 9.47 Å². The molecular formula is C29H31FN4O5. The van der Waals surface area contributed by atoms with Crippen molar-refractivity contribution in [3.63, 3.8) is 0 Å². The summed E-state index contributed by atoms with van der Waals surface area (Å²) in [4.78, 5) is 29.0. The standard InChI is InChI=1S/C29H31FN4O5/c1-38-27-10-3-19(15-28(27)39-2)11-12-31-29(35)24-17-20-16-23(34(36)37)8-9-25(20)33-14-13-32(18-26(24)33)22-6-4-21(30)5-7-22/h3-10,15-16,24,26H,11-14,17-18H2,1-2H3,(H,31,35). The second-order valence-electron chi connectivity index (χ2n) is 9.79. The minimum atomic E-state index is -0.409. The number of hydrogen-bond donors (Lipinski definition) is 1. The van der Waals surface area contributed by atoms with Crippen LogP contribution >= 0.6 is 0 Å². The molecule has 204 valence electrons. The largest absolute Gasteiger partial charge is 0.493 e. The van der Waals surface area contributed by atoms with Gasteiger partial charge in [0.2, 0.25) is 5.91 Å². The lowest BCUT2D eigenvalue weighted by Gasteiger charge is -2.49. The summed E-state index contributed by atoms with van der Waals surface area (Å²) >= 11 is 0. The lowest BCUT2D eigenvalue weighted by Crippen LogP contribution is -2.61. The molecule has 1 fully saturated rings. The first-order chi connectivity index (χ1) is 18.9. The van der Waals surface area contributed by atoms with Crippen LogP contribution in [0.25, 0.3) is 0 Å². The van der Waals surface area contributed by atoms with Gasteiger partial charge in [0.15, 0.2) is 11.5 Å². The summed E-state index contributed by atoms with van der Waals surface area (Å²) in [5.74, 6) is 0.475. The van der Waals surface area contributed by atoms with E-state index < -0.39 is 10.8 Å². The van der Waals surface area contributed by atoms with Crippen molar-refractivity contribution in [2.24, 2.45) is 5.92 Å². The predicted octanol–water partition coefficient (Wildman–Crippen LogP) is 3.98. The molecule has 2 aliphatic rings. The van der Waals surface area contributed by atoms with Gasteiger partial charge in [-0.05, 0) is 66.4 Å². The molecule has 9 nitrogen and oxygen atoms in total. The van der Waals surface area contributed by atoms with Gasteiger partial charge in [0.25, 0.3) is 5.69 Å². The molecule has 1 saturated heterocycles. The van der Waals surface area contributed by atoms with Gasteiger partial charge in [-0.2, -0.15) is 0 Å². The van der Waals surface area contributed by atoms with Gasteiger partial charge in [-0.3, -0.25) is 14.9 Å². The summed E-state index contributed by atoms with van der Waals surface area (Å²) in [7, 11) is 3.17. The van der Waals surface area contributed by atoms with Crippen molar-refractivity contribution in [1.82, 2.24) is 5.32 Å². The van der Waals surface area contributed by atoms with Crippen molar-refractivity contribution in [3.05, 3.63) is 87.7 Å². The number of methoxy groups -OCH3 is 2. The highest BCUT2D eigenvalue weighted by molar-refractivity contribution is 5.82. The van der Waals surface area contributed by atoms with Crippen LogP contribution in [0.1, 0.15) is 11.1 Å². The molecule has 2 heterocycles. The zero-order valence-corrected chi connectivity index (χ0v) is 21.9. The lowest BCUT2D eigenvalue weighted by molar-refractivity contribution is -0.384. The fourth-order valence-electron chi connectivity index (χ4n) is 5.61. The first kappa shape index (κ1) is 26.3. The number of hydrogen-bond acceptors (Lipinski definition) is 7. The minimum absolute atomic E-state index is 0.0183. The van der Waals surface area contributed by atoms with Gasteiger partial charge in [0, 0.05) is 49.7 Å². The van der Waals surface area contributed by atoms with Crippen LogP contribution in [0.15, 0.2) is 60.7 Å². The molecule has 3 aromatic rings. The van der Waals surface area contributed by atoms with Crippen molar-refractivity contribution in [2.75, 3.05) is 50.2 Å². The van der Waals surface area contributed by atoms with Gasteiger partial charge in [-0.25, -0.2) is 4.39 Å². The Hall–Kier alpha value is -4.34. The van der Waals surface area contributed by atoms with Crippen LogP contribution < -0.4 is 24.6 Å². The smallest absolute Gasteiger partial charge is 0.269 e. The highest BCUT2D eigenvalue weighted by Crippen LogP contribution is 2.38. The van der Waals surface area contributed by atoms with E-state index in [1.807, 2.05) is 18.2 Å². The number of nitro groups is 1. The number of rotatable bonds is 8. The maximum Gasteiger partial charge on any atom is 0.269 e. The third-order valence-corrected chi connectivity index (χ3v) is 7.60. The van der Waals surface area contributed by atoms with Crippen LogP contribution in [-0.4, -0.2) is 57.3 Å². The van der Waals surface area contributed by atoms with Crippen LogP contribution in [0, 0.1) is 21.8 Å². The summed E-state index contributed by atoms with van der Waals surface area (Å²) in [6, 6.07) is 16.8. The summed E-state index contributed by atoms with van der Waals surface area (Å²) < 4.78 is 24.2. The van der Waals surface area contributed by atoms with Crippen molar-refractivity contribution >= 4 is 23.0 Å². The van der Waals surface area contributed by atoms with E-state index >= 15 is 0 Å². The number of carbonyl (C=O) groups excluding carboxylic acids is 1. The second kappa shape index (κ2) is 11.2. The van der Waals surface area contributed by atoms with E-state index in [2.05, 4.69) is 15.1 Å².